The lowest BCUT2D eigenvalue weighted by molar-refractivity contribution is -0.161. The van der Waals surface area contributed by atoms with E-state index in [9.17, 15) is 28.9 Å². The van der Waals surface area contributed by atoms with Crippen molar-refractivity contribution in [2.75, 3.05) is 26.4 Å². The van der Waals surface area contributed by atoms with Crippen LogP contribution in [0.25, 0.3) is 0 Å². The number of allylic oxidation sites excluding steroid dienone is 20. The summed E-state index contributed by atoms with van der Waals surface area (Å²) in [6, 6.07) is 0. The minimum atomic E-state index is -4.77. The molecule has 0 aliphatic heterocycles. The van der Waals surface area contributed by atoms with Gasteiger partial charge in [-0.2, -0.15) is 0 Å². The number of ether oxygens (including phenoxy) is 3. The number of carbonyl (C=O) groups excluding carboxylic acids is 3. The molecule has 0 saturated heterocycles. The van der Waals surface area contributed by atoms with Crippen LogP contribution in [0.2, 0.25) is 0 Å². The van der Waals surface area contributed by atoms with Crippen LogP contribution in [-0.2, 0) is 42.2 Å². The summed E-state index contributed by atoms with van der Waals surface area (Å²) < 4.78 is 39.4. The molecule has 3 unspecified atom stereocenters. The van der Waals surface area contributed by atoms with E-state index < -0.39 is 57.8 Å². The van der Waals surface area contributed by atoms with Crippen LogP contribution < -0.4 is 0 Å². The lowest BCUT2D eigenvalue weighted by Gasteiger charge is -2.21. The first-order valence-electron chi connectivity index (χ1n) is 28.4. The summed E-state index contributed by atoms with van der Waals surface area (Å²) in [4.78, 5) is 48.5. The molecule has 0 aromatic carbocycles. The maximum absolute atomic E-state index is 12.9. The maximum Gasteiger partial charge on any atom is 0.472 e. The Morgan fingerprint density at radius 2 is 0.703 bits per heavy atom. The third-order valence-corrected chi connectivity index (χ3v) is 12.3. The third kappa shape index (κ3) is 52.7. The fraction of sp³-hybridized carbons (Fsp3) is 0.629. The summed E-state index contributed by atoms with van der Waals surface area (Å²) in [6.45, 7) is 4.26. The van der Waals surface area contributed by atoms with Crippen molar-refractivity contribution in [2.45, 2.75) is 226 Å². The summed E-state index contributed by atoms with van der Waals surface area (Å²) in [5.41, 5.74) is 0. The van der Waals surface area contributed by atoms with Crippen LogP contribution in [0.1, 0.15) is 213 Å². The van der Waals surface area contributed by atoms with Crippen molar-refractivity contribution >= 4 is 25.7 Å². The quantitative estimate of drug-likeness (QED) is 0.0197. The average molecular weight is 1050 g/mol. The molecule has 0 spiro atoms. The van der Waals surface area contributed by atoms with Crippen molar-refractivity contribution in [1.82, 2.24) is 0 Å². The first kappa shape index (κ1) is 69.9. The molecule has 0 bridgehead atoms. The Hall–Kier alpha value is -4.12. The van der Waals surface area contributed by atoms with Crippen LogP contribution in [0.3, 0.4) is 0 Å². The van der Waals surface area contributed by atoms with Crippen molar-refractivity contribution in [3.63, 3.8) is 0 Å². The summed E-state index contributed by atoms with van der Waals surface area (Å²) in [5.74, 6) is -1.55. The predicted molar refractivity (Wildman–Crippen MR) is 306 cm³/mol. The molecule has 0 aromatic heterocycles. The highest BCUT2D eigenvalue weighted by Gasteiger charge is 2.28. The topological polar surface area (TPSA) is 155 Å². The van der Waals surface area contributed by atoms with Crippen LogP contribution in [0.15, 0.2) is 122 Å². The molecule has 0 rings (SSSR count). The highest BCUT2D eigenvalue weighted by atomic mass is 31.2. The zero-order valence-electron chi connectivity index (χ0n) is 46.3. The van der Waals surface area contributed by atoms with Gasteiger partial charge in [-0.15, -0.1) is 0 Å². The largest absolute Gasteiger partial charge is 0.472 e. The van der Waals surface area contributed by atoms with E-state index in [0.717, 1.165) is 154 Å². The summed E-state index contributed by atoms with van der Waals surface area (Å²) in [7, 11) is -4.77. The van der Waals surface area contributed by atoms with Gasteiger partial charge in [0.25, 0.3) is 0 Å². The molecule has 2 N–H and O–H groups in total. The highest BCUT2D eigenvalue weighted by Crippen LogP contribution is 2.43. The molecule has 0 amide bonds. The third-order valence-electron chi connectivity index (χ3n) is 11.3. The van der Waals surface area contributed by atoms with Crippen LogP contribution in [-0.4, -0.2) is 66.5 Å². The van der Waals surface area contributed by atoms with Gasteiger partial charge in [-0.25, -0.2) is 4.57 Å². The molecule has 0 radical (unpaired) electrons. The number of aliphatic hydroxyl groups is 1. The van der Waals surface area contributed by atoms with Crippen LogP contribution in [0, 0.1) is 0 Å². The summed E-state index contributed by atoms with van der Waals surface area (Å²) in [6.07, 6.45) is 67.3. The van der Waals surface area contributed by atoms with Gasteiger partial charge >= 0.3 is 25.7 Å². The molecular weight excluding hydrogens is 952 g/mol. The van der Waals surface area contributed by atoms with Crippen molar-refractivity contribution in [3.05, 3.63) is 122 Å². The number of carbonyl (C=O) groups is 3. The van der Waals surface area contributed by atoms with Gasteiger partial charge in [0.1, 0.15) is 12.7 Å². The Morgan fingerprint density at radius 3 is 1.09 bits per heavy atom. The first-order valence-corrected chi connectivity index (χ1v) is 29.9. The van der Waals surface area contributed by atoms with Gasteiger partial charge in [-0.1, -0.05) is 194 Å². The van der Waals surface area contributed by atoms with Gasteiger partial charge in [0.05, 0.1) is 19.8 Å². The molecule has 0 heterocycles. The zero-order valence-corrected chi connectivity index (χ0v) is 47.2. The molecule has 420 valence electrons. The maximum atomic E-state index is 12.9. The second-order valence-corrected chi connectivity index (χ2v) is 19.8. The molecule has 0 aliphatic carbocycles. The van der Waals surface area contributed by atoms with Gasteiger partial charge in [0, 0.05) is 19.3 Å². The molecule has 74 heavy (non-hydrogen) atoms. The van der Waals surface area contributed by atoms with E-state index in [1.54, 1.807) is 0 Å². The summed E-state index contributed by atoms with van der Waals surface area (Å²) in [5, 5.41) is 9.80. The van der Waals surface area contributed by atoms with E-state index >= 15 is 0 Å². The van der Waals surface area contributed by atoms with E-state index in [-0.39, 0.29) is 25.9 Å². The molecule has 11 nitrogen and oxygen atoms in total. The Bertz CT molecular complexity index is 1700. The second-order valence-electron chi connectivity index (χ2n) is 18.3. The van der Waals surface area contributed by atoms with E-state index in [1.807, 2.05) is 0 Å². The average Bonchev–Trinajstić information content (AvgIpc) is 3.39. The van der Waals surface area contributed by atoms with Gasteiger partial charge < -0.3 is 24.2 Å². The van der Waals surface area contributed by atoms with Crippen molar-refractivity contribution in [2.24, 2.45) is 0 Å². The molecule has 0 saturated carbocycles. The standard InChI is InChI=1S/C62H101O11P/c1-4-7-10-13-16-19-22-25-27-28-29-30-32-35-38-41-44-47-50-53-62(66)73-59(55-69-60(64)51-48-45-42-39-36-34-31-26-23-20-17-14-11-8-5-2)57-71-74(67,68)70-56-58(54-63)72-61(65)52-49-46-43-40-37-33-24-21-18-15-12-9-6-3/h7-8,10-12,15-17,19-21,24-27,29-31,35,38,58-59,63H,4-6,9,13-14,18,22-23,28,32-34,36-37,39-57H2,1-3H3,(H,67,68)/b10-7-,11-8-,15-12-,19-16-,20-17-,24-21-,27-25-,30-29-,31-26-,38-35-. The Labute approximate surface area is 449 Å². The fourth-order valence-electron chi connectivity index (χ4n) is 7.08. The van der Waals surface area contributed by atoms with Gasteiger partial charge in [-0.3, -0.25) is 23.4 Å². The minimum absolute atomic E-state index is 0.117. The van der Waals surface area contributed by atoms with Crippen molar-refractivity contribution in [1.29, 1.82) is 0 Å². The fourth-order valence-corrected chi connectivity index (χ4v) is 7.86. The van der Waals surface area contributed by atoms with E-state index in [4.69, 9.17) is 23.3 Å². The smallest absolute Gasteiger partial charge is 0.462 e. The highest BCUT2D eigenvalue weighted by molar-refractivity contribution is 7.47. The lowest BCUT2D eigenvalue weighted by Crippen LogP contribution is -2.30. The number of rotatable bonds is 51. The number of hydrogen-bond acceptors (Lipinski definition) is 10. The molecule has 12 heteroatoms. The molecule has 0 aliphatic rings. The number of phosphoric ester groups is 1. The Balaban J connectivity index is 4.85. The minimum Gasteiger partial charge on any atom is -0.462 e. The predicted octanol–water partition coefficient (Wildman–Crippen LogP) is 16.8. The summed E-state index contributed by atoms with van der Waals surface area (Å²) >= 11 is 0. The van der Waals surface area contributed by atoms with Gasteiger partial charge in [-0.05, 0) is 122 Å². The first-order chi connectivity index (χ1) is 36.2. The normalized spacial score (nSPS) is 14.3. The molecule has 3 atom stereocenters. The SMILES string of the molecule is CC/C=C\C/C=C\C/C=C\C/C=C\C/C=C\CCCCCC(=O)OC(COC(=O)CCCCCCC/C=C\C/C=C\C/C=C\CC)COP(=O)(O)OCC(CO)OC(=O)CCCCCCC/C=C\C/C=C\CCC. The van der Waals surface area contributed by atoms with Gasteiger partial charge in [0.15, 0.2) is 6.10 Å². The monoisotopic (exact) mass is 1050 g/mol. The number of unbranched alkanes of at least 4 members (excludes halogenated alkanes) is 14. The van der Waals surface area contributed by atoms with E-state index in [2.05, 4.69) is 142 Å². The second kappa shape index (κ2) is 55.1. The molecule has 0 fully saturated rings. The lowest BCUT2D eigenvalue weighted by atomic mass is 10.1. The number of phosphoric acid groups is 1. The van der Waals surface area contributed by atoms with E-state index in [0.29, 0.717) is 19.3 Å². The van der Waals surface area contributed by atoms with Gasteiger partial charge in [0.2, 0.25) is 0 Å². The number of hydrogen-bond donors (Lipinski definition) is 2. The molecule has 0 aromatic rings. The van der Waals surface area contributed by atoms with E-state index in [1.165, 1.54) is 0 Å². The van der Waals surface area contributed by atoms with Crippen molar-refractivity contribution < 1.29 is 52.2 Å². The Kier molecular flexibility index (Phi) is 52.1. The zero-order chi connectivity index (χ0) is 54.1. The van der Waals surface area contributed by atoms with Crippen LogP contribution in [0.5, 0.6) is 0 Å². The number of aliphatic hydroxyl groups excluding tert-OH is 1. The Morgan fingerprint density at radius 1 is 0.392 bits per heavy atom. The number of esters is 3. The van der Waals surface area contributed by atoms with Crippen LogP contribution >= 0.6 is 7.82 Å². The van der Waals surface area contributed by atoms with Crippen LogP contribution in [0.4, 0.5) is 0 Å². The van der Waals surface area contributed by atoms with Crippen molar-refractivity contribution in [3.8, 4) is 0 Å². The molecular formula is C62H101O11P.